The summed E-state index contributed by atoms with van der Waals surface area (Å²) >= 11 is 1.43. The number of sulfonamides is 1. The number of hydrogen-bond acceptors (Lipinski definition) is 4. The molecule has 1 aromatic rings. The Kier molecular flexibility index (Phi) is 4.41. The summed E-state index contributed by atoms with van der Waals surface area (Å²) in [5, 5.41) is 3.47. The minimum Gasteiger partial charge on any atom is -0.314 e. The van der Waals surface area contributed by atoms with Gasteiger partial charge in [-0.25, -0.2) is 8.42 Å². The van der Waals surface area contributed by atoms with Crippen LogP contribution in [0.1, 0.15) is 38.0 Å². The Hall–Kier alpha value is -0.430. The highest BCUT2D eigenvalue weighted by molar-refractivity contribution is 7.91. The van der Waals surface area contributed by atoms with Crippen molar-refractivity contribution >= 4 is 21.4 Å². The van der Waals surface area contributed by atoms with E-state index in [-0.39, 0.29) is 6.04 Å². The van der Waals surface area contributed by atoms with Crippen LogP contribution in [-0.4, -0.2) is 37.9 Å². The van der Waals surface area contributed by atoms with Crippen LogP contribution in [0.4, 0.5) is 0 Å². The van der Waals surface area contributed by atoms with Crippen LogP contribution in [0.3, 0.4) is 0 Å². The van der Waals surface area contributed by atoms with E-state index in [1.807, 2.05) is 13.0 Å². The summed E-state index contributed by atoms with van der Waals surface area (Å²) in [4.78, 5) is 1.15. The minimum atomic E-state index is -3.30. The maximum Gasteiger partial charge on any atom is 0.252 e. The van der Waals surface area contributed by atoms with Gasteiger partial charge in [0, 0.05) is 30.1 Å². The first-order valence-corrected chi connectivity index (χ1v) is 10.1. The van der Waals surface area contributed by atoms with Crippen LogP contribution < -0.4 is 5.32 Å². The summed E-state index contributed by atoms with van der Waals surface area (Å²) in [6.07, 6.45) is 4.45. The average Bonchev–Trinajstić information content (AvgIpc) is 2.98. The zero-order chi connectivity index (χ0) is 15.0. The predicted molar refractivity (Wildman–Crippen MR) is 86.2 cm³/mol. The Labute approximate surface area is 131 Å². The lowest BCUT2D eigenvalue weighted by Gasteiger charge is -2.19. The third kappa shape index (κ3) is 3.50. The van der Waals surface area contributed by atoms with Crippen molar-refractivity contribution in [3.8, 4) is 0 Å². The SMILES string of the molecule is CC1CC(C)N(S(=O)(=O)c2ccc(CCNC3CC3)s2)C1. The summed E-state index contributed by atoms with van der Waals surface area (Å²) in [5.41, 5.74) is 0. The van der Waals surface area contributed by atoms with E-state index in [9.17, 15) is 8.42 Å². The molecule has 6 heteroatoms. The molecule has 0 radical (unpaired) electrons. The molecule has 2 aliphatic rings. The van der Waals surface area contributed by atoms with Crippen molar-refractivity contribution in [2.45, 2.75) is 55.8 Å². The molecule has 1 saturated heterocycles. The molecule has 2 heterocycles. The standard InChI is InChI=1S/C15H24N2O2S2/c1-11-9-12(2)17(10-11)21(18,19)15-6-5-14(20-15)7-8-16-13-3-4-13/h5-6,11-13,16H,3-4,7-10H2,1-2H3. The first-order valence-electron chi connectivity index (χ1n) is 7.81. The number of nitrogens with zero attached hydrogens (tertiary/aromatic N) is 1. The van der Waals surface area contributed by atoms with Gasteiger partial charge in [0.15, 0.2) is 0 Å². The van der Waals surface area contributed by atoms with Gasteiger partial charge in [-0.05, 0) is 50.7 Å². The van der Waals surface area contributed by atoms with Crippen LogP contribution in [-0.2, 0) is 16.4 Å². The fourth-order valence-electron chi connectivity index (χ4n) is 3.03. The van der Waals surface area contributed by atoms with Crippen molar-refractivity contribution in [1.82, 2.24) is 9.62 Å². The average molecular weight is 329 g/mol. The summed E-state index contributed by atoms with van der Waals surface area (Å²) < 4.78 is 27.6. The van der Waals surface area contributed by atoms with Crippen LogP contribution in [0, 0.1) is 5.92 Å². The van der Waals surface area contributed by atoms with E-state index < -0.39 is 10.0 Å². The number of hydrogen-bond donors (Lipinski definition) is 1. The van der Waals surface area contributed by atoms with Crippen molar-refractivity contribution in [2.75, 3.05) is 13.1 Å². The van der Waals surface area contributed by atoms with Gasteiger partial charge in [-0.2, -0.15) is 4.31 Å². The van der Waals surface area contributed by atoms with Crippen molar-refractivity contribution < 1.29 is 8.42 Å². The van der Waals surface area contributed by atoms with E-state index in [4.69, 9.17) is 0 Å². The first kappa shape index (κ1) is 15.5. The van der Waals surface area contributed by atoms with E-state index in [0.717, 1.165) is 24.3 Å². The zero-order valence-electron chi connectivity index (χ0n) is 12.7. The molecule has 0 amide bonds. The molecule has 1 N–H and O–H groups in total. The second-order valence-electron chi connectivity index (χ2n) is 6.46. The van der Waals surface area contributed by atoms with Crippen LogP contribution in [0.15, 0.2) is 16.3 Å². The normalized spacial score (nSPS) is 27.3. The Morgan fingerprint density at radius 3 is 2.71 bits per heavy atom. The number of nitrogens with one attached hydrogen (secondary N) is 1. The molecule has 0 spiro atoms. The van der Waals surface area contributed by atoms with Crippen LogP contribution in [0.2, 0.25) is 0 Å². The van der Waals surface area contributed by atoms with E-state index in [0.29, 0.717) is 22.7 Å². The van der Waals surface area contributed by atoms with Gasteiger partial charge in [-0.1, -0.05) is 6.92 Å². The summed E-state index contributed by atoms with van der Waals surface area (Å²) in [5.74, 6) is 0.456. The summed E-state index contributed by atoms with van der Waals surface area (Å²) in [7, 11) is -3.30. The van der Waals surface area contributed by atoms with E-state index in [1.165, 1.54) is 24.2 Å². The smallest absolute Gasteiger partial charge is 0.252 e. The van der Waals surface area contributed by atoms with Gasteiger partial charge in [0.25, 0.3) is 10.0 Å². The molecule has 1 aliphatic heterocycles. The Bertz CT molecular complexity index is 593. The van der Waals surface area contributed by atoms with Crippen LogP contribution in [0.25, 0.3) is 0 Å². The Balaban J connectivity index is 1.66. The fraction of sp³-hybridized carbons (Fsp3) is 0.733. The highest BCUT2D eigenvalue weighted by atomic mass is 32.2. The van der Waals surface area contributed by atoms with E-state index in [2.05, 4.69) is 12.2 Å². The second kappa shape index (κ2) is 5.99. The summed E-state index contributed by atoms with van der Waals surface area (Å²) in [6.45, 7) is 5.73. The third-order valence-corrected chi connectivity index (χ3v) is 7.90. The molecule has 1 aliphatic carbocycles. The van der Waals surface area contributed by atoms with Crippen molar-refractivity contribution in [2.24, 2.45) is 5.92 Å². The van der Waals surface area contributed by atoms with Crippen LogP contribution in [0.5, 0.6) is 0 Å². The molecule has 4 nitrogen and oxygen atoms in total. The Morgan fingerprint density at radius 2 is 2.10 bits per heavy atom. The quantitative estimate of drug-likeness (QED) is 0.873. The Morgan fingerprint density at radius 1 is 1.33 bits per heavy atom. The molecule has 1 aromatic heterocycles. The lowest BCUT2D eigenvalue weighted by molar-refractivity contribution is 0.407. The highest BCUT2D eigenvalue weighted by Gasteiger charge is 2.36. The third-order valence-electron chi connectivity index (χ3n) is 4.31. The fourth-order valence-corrected chi connectivity index (χ4v) is 6.28. The topological polar surface area (TPSA) is 49.4 Å². The predicted octanol–water partition coefficient (Wildman–Crippen LogP) is 2.46. The second-order valence-corrected chi connectivity index (χ2v) is 9.75. The molecule has 3 rings (SSSR count). The molecule has 0 aromatic carbocycles. The molecule has 21 heavy (non-hydrogen) atoms. The molecule has 2 unspecified atom stereocenters. The van der Waals surface area contributed by atoms with Gasteiger partial charge in [-0.15, -0.1) is 11.3 Å². The highest BCUT2D eigenvalue weighted by Crippen LogP contribution is 2.32. The monoisotopic (exact) mass is 328 g/mol. The molecular weight excluding hydrogens is 304 g/mol. The maximum absolute atomic E-state index is 12.7. The largest absolute Gasteiger partial charge is 0.314 e. The molecule has 2 fully saturated rings. The van der Waals surface area contributed by atoms with Crippen molar-refractivity contribution in [3.63, 3.8) is 0 Å². The summed E-state index contributed by atoms with van der Waals surface area (Å²) in [6, 6.07) is 4.57. The lowest BCUT2D eigenvalue weighted by atomic mass is 10.1. The van der Waals surface area contributed by atoms with Gasteiger partial charge in [0.1, 0.15) is 4.21 Å². The molecule has 1 saturated carbocycles. The van der Waals surface area contributed by atoms with Gasteiger partial charge >= 0.3 is 0 Å². The van der Waals surface area contributed by atoms with Gasteiger partial charge < -0.3 is 5.32 Å². The molecule has 2 atom stereocenters. The van der Waals surface area contributed by atoms with E-state index >= 15 is 0 Å². The molecular formula is C15H24N2O2S2. The van der Waals surface area contributed by atoms with Gasteiger partial charge in [-0.3, -0.25) is 0 Å². The number of rotatable bonds is 6. The molecule has 118 valence electrons. The van der Waals surface area contributed by atoms with Crippen molar-refractivity contribution in [1.29, 1.82) is 0 Å². The zero-order valence-corrected chi connectivity index (χ0v) is 14.3. The van der Waals surface area contributed by atoms with Crippen LogP contribution >= 0.6 is 11.3 Å². The van der Waals surface area contributed by atoms with Gasteiger partial charge in [0.2, 0.25) is 0 Å². The van der Waals surface area contributed by atoms with E-state index in [1.54, 1.807) is 10.4 Å². The minimum absolute atomic E-state index is 0.118. The number of thiophene rings is 1. The van der Waals surface area contributed by atoms with Gasteiger partial charge in [0.05, 0.1) is 0 Å². The lowest BCUT2D eigenvalue weighted by Crippen LogP contribution is -2.33. The molecule has 0 bridgehead atoms. The van der Waals surface area contributed by atoms with Crippen molar-refractivity contribution in [3.05, 3.63) is 17.0 Å². The maximum atomic E-state index is 12.7. The first-order chi connectivity index (χ1) is 9.96.